The standard InChI is InChI=1S/C13H16ClNO2/c1-9(2)17-13(16)10(3)15-8-11-4-6-12(14)7-5-11/h4-10H,1-3H3. The Morgan fingerprint density at radius 3 is 2.41 bits per heavy atom. The number of benzene rings is 1. The van der Waals surface area contributed by atoms with Crippen LogP contribution in [0, 0.1) is 0 Å². The summed E-state index contributed by atoms with van der Waals surface area (Å²) in [5.74, 6) is -0.315. The molecule has 0 radical (unpaired) electrons. The lowest BCUT2D eigenvalue weighted by Gasteiger charge is -2.10. The molecule has 0 saturated carbocycles. The van der Waals surface area contributed by atoms with Crippen LogP contribution in [0.25, 0.3) is 0 Å². The predicted octanol–water partition coefficient (Wildman–Crippen LogP) is 3.10. The van der Waals surface area contributed by atoms with Crippen LogP contribution in [0.1, 0.15) is 26.3 Å². The van der Waals surface area contributed by atoms with E-state index in [0.29, 0.717) is 5.02 Å². The molecule has 1 atom stereocenters. The normalized spacial score (nSPS) is 13.0. The molecule has 1 rings (SSSR count). The Morgan fingerprint density at radius 1 is 1.29 bits per heavy atom. The molecular formula is C13H16ClNO2. The number of hydrogen-bond acceptors (Lipinski definition) is 3. The number of carbonyl (C=O) groups is 1. The lowest BCUT2D eigenvalue weighted by atomic mass is 10.2. The highest BCUT2D eigenvalue weighted by atomic mass is 35.5. The highest BCUT2D eigenvalue weighted by Crippen LogP contribution is 2.08. The van der Waals surface area contributed by atoms with Crippen molar-refractivity contribution in [2.45, 2.75) is 32.9 Å². The zero-order chi connectivity index (χ0) is 12.8. The molecule has 0 heterocycles. The zero-order valence-electron chi connectivity index (χ0n) is 10.2. The molecule has 1 unspecified atom stereocenters. The first kappa shape index (κ1) is 13.7. The van der Waals surface area contributed by atoms with Crippen LogP contribution in [-0.2, 0) is 9.53 Å². The predicted molar refractivity (Wildman–Crippen MR) is 69.7 cm³/mol. The summed E-state index contributed by atoms with van der Waals surface area (Å²) in [5.41, 5.74) is 0.901. The largest absolute Gasteiger partial charge is 0.461 e. The molecule has 0 aliphatic rings. The molecule has 3 nitrogen and oxygen atoms in total. The molecule has 0 aliphatic carbocycles. The first-order valence-electron chi connectivity index (χ1n) is 5.48. The Labute approximate surface area is 106 Å². The number of carbonyl (C=O) groups excluding carboxylic acids is 1. The summed E-state index contributed by atoms with van der Waals surface area (Å²) >= 11 is 5.76. The van der Waals surface area contributed by atoms with Crippen LogP contribution in [0.5, 0.6) is 0 Å². The van der Waals surface area contributed by atoms with E-state index in [0.717, 1.165) is 5.56 Å². The minimum Gasteiger partial charge on any atom is -0.461 e. The lowest BCUT2D eigenvalue weighted by Crippen LogP contribution is -2.21. The summed E-state index contributed by atoms with van der Waals surface area (Å²) in [5, 5.41) is 0.675. The second kappa shape index (κ2) is 6.40. The van der Waals surface area contributed by atoms with E-state index in [-0.39, 0.29) is 12.1 Å². The van der Waals surface area contributed by atoms with E-state index in [1.807, 2.05) is 26.0 Å². The van der Waals surface area contributed by atoms with Crippen LogP contribution in [-0.4, -0.2) is 24.3 Å². The van der Waals surface area contributed by atoms with Gasteiger partial charge >= 0.3 is 5.97 Å². The maximum absolute atomic E-state index is 11.5. The Morgan fingerprint density at radius 2 is 1.88 bits per heavy atom. The van der Waals surface area contributed by atoms with Gasteiger partial charge in [0.2, 0.25) is 0 Å². The van der Waals surface area contributed by atoms with Crippen molar-refractivity contribution in [3.8, 4) is 0 Å². The average Bonchev–Trinajstić information content (AvgIpc) is 2.27. The summed E-state index contributed by atoms with van der Waals surface area (Å²) in [7, 11) is 0. The van der Waals surface area contributed by atoms with Crippen molar-refractivity contribution in [2.24, 2.45) is 4.99 Å². The number of nitrogens with zero attached hydrogens (tertiary/aromatic N) is 1. The van der Waals surface area contributed by atoms with Gasteiger partial charge in [0.1, 0.15) is 6.04 Å². The van der Waals surface area contributed by atoms with Crippen molar-refractivity contribution < 1.29 is 9.53 Å². The number of hydrogen-bond donors (Lipinski definition) is 0. The zero-order valence-corrected chi connectivity index (χ0v) is 10.9. The number of esters is 1. The van der Waals surface area contributed by atoms with Crippen molar-refractivity contribution in [3.05, 3.63) is 34.9 Å². The molecular weight excluding hydrogens is 238 g/mol. The molecule has 0 saturated heterocycles. The molecule has 1 aromatic carbocycles. The van der Waals surface area contributed by atoms with E-state index >= 15 is 0 Å². The molecule has 0 bridgehead atoms. The van der Waals surface area contributed by atoms with Gasteiger partial charge in [-0.2, -0.15) is 0 Å². The van der Waals surface area contributed by atoms with Crippen molar-refractivity contribution in [2.75, 3.05) is 0 Å². The number of aliphatic imine (C=N–C) groups is 1. The second-order valence-corrected chi connectivity index (χ2v) is 4.43. The quantitative estimate of drug-likeness (QED) is 0.611. The molecule has 0 fully saturated rings. The summed E-state index contributed by atoms with van der Waals surface area (Å²) in [6.07, 6.45) is 1.53. The van der Waals surface area contributed by atoms with E-state index in [4.69, 9.17) is 16.3 Å². The molecule has 0 amide bonds. The first-order chi connectivity index (χ1) is 7.99. The molecule has 0 spiro atoms. The fourth-order valence-corrected chi connectivity index (χ4v) is 1.26. The Kier molecular flexibility index (Phi) is 5.16. The third-order valence-corrected chi connectivity index (χ3v) is 2.26. The first-order valence-corrected chi connectivity index (χ1v) is 5.86. The molecule has 0 aromatic heterocycles. The van der Waals surface area contributed by atoms with Crippen molar-refractivity contribution in [1.29, 1.82) is 0 Å². The topological polar surface area (TPSA) is 38.7 Å². The maximum Gasteiger partial charge on any atom is 0.330 e. The van der Waals surface area contributed by atoms with Crippen LogP contribution in [0.3, 0.4) is 0 Å². The van der Waals surface area contributed by atoms with Crippen LogP contribution in [0.2, 0.25) is 5.02 Å². The Balaban J connectivity index is 2.58. The van der Waals surface area contributed by atoms with Gasteiger partial charge in [0.05, 0.1) is 6.10 Å². The minimum atomic E-state index is -0.493. The van der Waals surface area contributed by atoms with Gasteiger partial charge in [-0.1, -0.05) is 23.7 Å². The van der Waals surface area contributed by atoms with Crippen LogP contribution in [0.15, 0.2) is 29.3 Å². The summed E-state index contributed by atoms with van der Waals surface area (Å²) in [6, 6.07) is 6.74. The van der Waals surface area contributed by atoms with Gasteiger partial charge in [-0.15, -0.1) is 0 Å². The second-order valence-electron chi connectivity index (χ2n) is 3.99. The molecule has 1 aromatic rings. The lowest BCUT2D eigenvalue weighted by molar-refractivity contribution is -0.148. The summed E-state index contributed by atoms with van der Waals surface area (Å²) in [6.45, 7) is 5.33. The number of ether oxygens (including phenoxy) is 1. The molecule has 0 N–H and O–H groups in total. The summed E-state index contributed by atoms with van der Waals surface area (Å²) < 4.78 is 5.05. The Bertz CT molecular complexity index is 398. The van der Waals surface area contributed by atoms with Crippen molar-refractivity contribution in [3.63, 3.8) is 0 Å². The minimum absolute atomic E-state index is 0.115. The van der Waals surface area contributed by atoms with E-state index < -0.39 is 6.04 Å². The monoisotopic (exact) mass is 253 g/mol. The van der Waals surface area contributed by atoms with E-state index in [2.05, 4.69) is 4.99 Å². The van der Waals surface area contributed by atoms with Crippen LogP contribution in [0.4, 0.5) is 0 Å². The van der Waals surface area contributed by atoms with E-state index in [1.165, 1.54) is 0 Å². The Hall–Kier alpha value is -1.35. The number of halogens is 1. The molecule has 0 aliphatic heterocycles. The average molecular weight is 254 g/mol. The van der Waals surface area contributed by atoms with Crippen molar-refractivity contribution in [1.82, 2.24) is 0 Å². The third-order valence-electron chi connectivity index (χ3n) is 2.01. The van der Waals surface area contributed by atoms with Gasteiger partial charge < -0.3 is 4.74 Å². The highest BCUT2D eigenvalue weighted by Gasteiger charge is 2.13. The molecule has 17 heavy (non-hydrogen) atoms. The third kappa shape index (κ3) is 5.00. The van der Waals surface area contributed by atoms with Crippen molar-refractivity contribution >= 4 is 23.8 Å². The van der Waals surface area contributed by atoms with E-state index in [1.54, 1.807) is 25.3 Å². The van der Waals surface area contributed by atoms with Gasteiger partial charge in [-0.25, -0.2) is 4.79 Å². The molecule has 92 valence electrons. The van der Waals surface area contributed by atoms with E-state index in [9.17, 15) is 4.79 Å². The maximum atomic E-state index is 11.5. The van der Waals surface area contributed by atoms with Gasteiger partial charge in [0.15, 0.2) is 0 Å². The van der Waals surface area contributed by atoms with Gasteiger partial charge in [-0.05, 0) is 38.5 Å². The van der Waals surface area contributed by atoms with Gasteiger partial charge in [0, 0.05) is 11.2 Å². The number of rotatable bonds is 4. The van der Waals surface area contributed by atoms with Gasteiger partial charge in [-0.3, -0.25) is 4.99 Å². The fraction of sp³-hybridized carbons (Fsp3) is 0.385. The van der Waals surface area contributed by atoms with Crippen LogP contribution >= 0.6 is 11.6 Å². The molecule has 4 heteroatoms. The SMILES string of the molecule is CC(C)OC(=O)C(C)N=Cc1ccc(Cl)cc1. The highest BCUT2D eigenvalue weighted by molar-refractivity contribution is 6.30. The van der Waals surface area contributed by atoms with Crippen LogP contribution < -0.4 is 0 Å². The van der Waals surface area contributed by atoms with Gasteiger partial charge in [0.25, 0.3) is 0 Å². The fourth-order valence-electron chi connectivity index (χ4n) is 1.14. The summed E-state index contributed by atoms with van der Waals surface area (Å²) in [4.78, 5) is 15.6. The smallest absolute Gasteiger partial charge is 0.330 e.